The molecule has 2 N–H and O–H groups in total. The van der Waals surface area contributed by atoms with Crippen LogP contribution in [0, 0.1) is 0 Å². The first-order valence-electron chi connectivity index (χ1n) is 8.55. The van der Waals surface area contributed by atoms with Gasteiger partial charge in [-0.25, -0.2) is 9.59 Å². The molecule has 1 aliphatic rings. The van der Waals surface area contributed by atoms with Gasteiger partial charge in [0.25, 0.3) is 5.91 Å². The average Bonchev–Trinajstić information content (AvgIpc) is 3.24. The topological polar surface area (TPSA) is 121 Å². The number of para-hydroxylation sites is 1. The zero-order chi connectivity index (χ0) is 20.5. The molecule has 0 saturated carbocycles. The van der Waals surface area contributed by atoms with E-state index >= 15 is 0 Å². The van der Waals surface area contributed by atoms with E-state index in [0.29, 0.717) is 18.8 Å². The highest BCUT2D eigenvalue weighted by atomic mass is 16.5. The van der Waals surface area contributed by atoms with Crippen LogP contribution in [-0.2, 0) is 16.1 Å². The molecule has 1 aromatic heterocycles. The van der Waals surface area contributed by atoms with E-state index in [-0.39, 0.29) is 5.91 Å². The van der Waals surface area contributed by atoms with Crippen molar-refractivity contribution in [1.29, 1.82) is 0 Å². The number of nitrogens with zero attached hydrogens (tertiary/aromatic N) is 2. The molecule has 0 atom stereocenters. The van der Waals surface area contributed by atoms with E-state index in [0.717, 1.165) is 25.4 Å². The number of methoxy groups -OCH3 is 1. The minimum absolute atomic E-state index is 0.0260. The van der Waals surface area contributed by atoms with Gasteiger partial charge in [-0.15, -0.1) is 0 Å². The molecule has 1 saturated heterocycles. The van der Waals surface area contributed by atoms with Crippen molar-refractivity contribution in [3.05, 3.63) is 54.0 Å². The van der Waals surface area contributed by atoms with Crippen molar-refractivity contribution < 1.29 is 33.8 Å². The fourth-order valence-corrected chi connectivity index (χ4v) is 2.74. The molecule has 3 rings (SSSR count). The summed E-state index contributed by atoms with van der Waals surface area (Å²) in [7, 11) is 1.69. The molecule has 28 heavy (non-hydrogen) atoms. The Hall–Kier alpha value is -3.33. The van der Waals surface area contributed by atoms with Crippen LogP contribution in [0.4, 0.5) is 0 Å². The van der Waals surface area contributed by atoms with Gasteiger partial charge in [-0.1, -0.05) is 18.2 Å². The van der Waals surface area contributed by atoms with Crippen LogP contribution in [0.1, 0.15) is 16.1 Å². The van der Waals surface area contributed by atoms with Crippen molar-refractivity contribution in [2.24, 2.45) is 0 Å². The number of hydrogen-bond donors (Lipinski definition) is 2. The Bertz CT molecular complexity index is 784. The van der Waals surface area contributed by atoms with Gasteiger partial charge < -0.3 is 24.3 Å². The molecule has 0 spiro atoms. The van der Waals surface area contributed by atoms with Crippen LogP contribution in [0.25, 0.3) is 0 Å². The normalized spacial score (nSPS) is 14.0. The fraction of sp³-hybridized carbons (Fsp3) is 0.316. The molecule has 2 aromatic rings. The summed E-state index contributed by atoms with van der Waals surface area (Å²) >= 11 is 0. The molecule has 1 amide bonds. The average molecular weight is 390 g/mol. The number of carbonyl (C=O) groups is 3. The highest BCUT2D eigenvalue weighted by Crippen LogP contribution is 2.20. The van der Waals surface area contributed by atoms with Gasteiger partial charge in [0.05, 0.1) is 13.4 Å². The molecule has 0 radical (unpaired) electrons. The Balaban J connectivity index is 0.000000409. The minimum Gasteiger partial charge on any atom is -0.496 e. The second-order valence-corrected chi connectivity index (χ2v) is 5.97. The van der Waals surface area contributed by atoms with Crippen molar-refractivity contribution in [3.8, 4) is 5.75 Å². The fourth-order valence-electron chi connectivity index (χ4n) is 2.74. The summed E-state index contributed by atoms with van der Waals surface area (Å²) in [6.07, 6.45) is 1.53. The number of amides is 1. The van der Waals surface area contributed by atoms with E-state index in [1.807, 2.05) is 23.1 Å². The second kappa shape index (κ2) is 10.1. The van der Waals surface area contributed by atoms with Crippen LogP contribution in [0.3, 0.4) is 0 Å². The lowest BCUT2D eigenvalue weighted by atomic mass is 10.1. The first-order valence-corrected chi connectivity index (χ1v) is 8.55. The molecule has 1 aromatic carbocycles. The van der Waals surface area contributed by atoms with Gasteiger partial charge in [0.15, 0.2) is 5.76 Å². The van der Waals surface area contributed by atoms with Crippen LogP contribution in [0.2, 0.25) is 0 Å². The third kappa shape index (κ3) is 5.85. The molecular weight excluding hydrogens is 368 g/mol. The first kappa shape index (κ1) is 21.0. The maximum absolute atomic E-state index is 12.2. The SMILES string of the molecule is COc1ccccc1CN1CCN(C(=O)c2ccco2)CC1.O=C(O)C(=O)O. The van der Waals surface area contributed by atoms with Crippen LogP contribution < -0.4 is 4.74 Å². The van der Waals surface area contributed by atoms with Gasteiger partial charge in [-0.3, -0.25) is 9.69 Å². The molecule has 1 aliphatic heterocycles. The van der Waals surface area contributed by atoms with E-state index in [9.17, 15) is 4.79 Å². The van der Waals surface area contributed by atoms with Crippen molar-refractivity contribution >= 4 is 17.8 Å². The van der Waals surface area contributed by atoms with Crippen LogP contribution in [0.15, 0.2) is 47.1 Å². The molecule has 0 bridgehead atoms. The number of carboxylic acids is 2. The molecule has 9 heteroatoms. The van der Waals surface area contributed by atoms with Crippen molar-refractivity contribution in [2.45, 2.75) is 6.54 Å². The lowest BCUT2D eigenvalue weighted by molar-refractivity contribution is -0.159. The Morgan fingerprint density at radius 3 is 2.18 bits per heavy atom. The van der Waals surface area contributed by atoms with E-state index in [1.54, 1.807) is 19.2 Å². The lowest BCUT2D eigenvalue weighted by Gasteiger charge is -2.34. The van der Waals surface area contributed by atoms with Gasteiger partial charge in [0.2, 0.25) is 0 Å². The number of carbonyl (C=O) groups excluding carboxylic acids is 1. The Morgan fingerprint density at radius 2 is 1.64 bits per heavy atom. The van der Waals surface area contributed by atoms with Gasteiger partial charge in [-0.05, 0) is 18.2 Å². The molecule has 9 nitrogen and oxygen atoms in total. The maximum atomic E-state index is 12.2. The van der Waals surface area contributed by atoms with Gasteiger partial charge in [0.1, 0.15) is 5.75 Å². The number of carboxylic acid groups (broad SMARTS) is 2. The number of rotatable bonds is 4. The van der Waals surface area contributed by atoms with Crippen molar-refractivity contribution in [1.82, 2.24) is 9.80 Å². The van der Waals surface area contributed by atoms with E-state index < -0.39 is 11.9 Å². The minimum atomic E-state index is -1.82. The third-order valence-corrected chi connectivity index (χ3v) is 4.16. The first-order chi connectivity index (χ1) is 13.4. The van der Waals surface area contributed by atoms with Gasteiger partial charge in [-0.2, -0.15) is 0 Å². The van der Waals surface area contributed by atoms with Crippen LogP contribution >= 0.6 is 0 Å². The highest BCUT2D eigenvalue weighted by Gasteiger charge is 2.24. The standard InChI is InChI=1S/C17H20N2O3.C2H2O4/c1-21-15-6-3-2-5-14(15)13-18-8-10-19(11-9-18)17(20)16-7-4-12-22-16;3-1(4)2(5)6/h2-7,12H,8-11,13H2,1H3;(H,3,4)(H,5,6). The molecular formula is C19H22N2O7. The van der Waals surface area contributed by atoms with E-state index in [4.69, 9.17) is 29.0 Å². The van der Waals surface area contributed by atoms with Crippen molar-refractivity contribution in [3.63, 3.8) is 0 Å². The second-order valence-electron chi connectivity index (χ2n) is 5.97. The summed E-state index contributed by atoms with van der Waals surface area (Å²) in [5.74, 6) is -2.35. The molecule has 0 unspecified atom stereocenters. The summed E-state index contributed by atoms with van der Waals surface area (Å²) in [6.45, 7) is 3.98. The number of benzene rings is 1. The van der Waals surface area contributed by atoms with Gasteiger partial charge >= 0.3 is 11.9 Å². The van der Waals surface area contributed by atoms with Crippen LogP contribution in [-0.4, -0.2) is 71.1 Å². The summed E-state index contributed by atoms with van der Waals surface area (Å²) in [6, 6.07) is 11.5. The van der Waals surface area contributed by atoms with Gasteiger partial charge in [0, 0.05) is 38.3 Å². The summed E-state index contributed by atoms with van der Waals surface area (Å²) in [5, 5.41) is 14.8. The van der Waals surface area contributed by atoms with E-state index in [2.05, 4.69) is 11.0 Å². The Kier molecular flexibility index (Phi) is 7.58. The number of ether oxygens (including phenoxy) is 1. The quantitative estimate of drug-likeness (QED) is 0.752. The van der Waals surface area contributed by atoms with Crippen LogP contribution in [0.5, 0.6) is 5.75 Å². The predicted molar refractivity (Wildman–Crippen MR) is 98.2 cm³/mol. The summed E-state index contributed by atoms with van der Waals surface area (Å²) in [5.41, 5.74) is 1.18. The zero-order valence-corrected chi connectivity index (χ0v) is 15.4. The number of hydrogen-bond acceptors (Lipinski definition) is 6. The molecule has 1 fully saturated rings. The Morgan fingerprint density at radius 1 is 1.00 bits per heavy atom. The molecule has 2 heterocycles. The molecule has 150 valence electrons. The van der Waals surface area contributed by atoms with Crippen molar-refractivity contribution in [2.75, 3.05) is 33.3 Å². The smallest absolute Gasteiger partial charge is 0.414 e. The van der Waals surface area contributed by atoms with E-state index in [1.165, 1.54) is 11.8 Å². The summed E-state index contributed by atoms with van der Waals surface area (Å²) in [4.78, 5) is 34.6. The monoisotopic (exact) mass is 390 g/mol. The number of aliphatic carboxylic acids is 2. The highest BCUT2D eigenvalue weighted by molar-refractivity contribution is 6.27. The number of furan rings is 1. The largest absolute Gasteiger partial charge is 0.496 e. The zero-order valence-electron chi connectivity index (χ0n) is 15.4. The number of piperazine rings is 1. The third-order valence-electron chi connectivity index (χ3n) is 4.16. The lowest BCUT2D eigenvalue weighted by Crippen LogP contribution is -2.48. The summed E-state index contributed by atoms with van der Waals surface area (Å²) < 4.78 is 10.6. The predicted octanol–water partition coefficient (Wildman–Crippen LogP) is 1.40. The molecule has 0 aliphatic carbocycles. The maximum Gasteiger partial charge on any atom is 0.414 e. The Labute approximate surface area is 161 Å².